The lowest BCUT2D eigenvalue weighted by molar-refractivity contribution is -0.115. The summed E-state index contributed by atoms with van der Waals surface area (Å²) in [6.07, 6.45) is 1.41. The molecule has 0 unspecified atom stereocenters. The third-order valence-corrected chi connectivity index (χ3v) is 7.25. The molecule has 0 bridgehead atoms. The first-order chi connectivity index (χ1) is 15.5. The van der Waals surface area contributed by atoms with Crippen molar-refractivity contribution >= 4 is 56.4 Å². The minimum absolute atomic E-state index is 0.116. The molecule has 7 nitrogen and oxygen atoms in total. The average Bonchev–Trinajstić information content (AvgIpc) is 3.40. The van der Waals surface area contributed by atoms with Crippen LogP contribution in [-0.4, -0.2) is 38.3 Å². The maximum absolute atomic E-state index is 13.0. The molecule has 0 aliphatic heterocycles. The van der Waals surface area contributed by atoms with Crippen molar-refractivity contribution in [3.63, 3.8) is 0 Å². The molecule has 32 heavy (non-hydrogen) atoms. The fourth-order valence-electron chi connectivity index (χ4n) is 3.46. The van der Waals surface area contributed by atoms with Crippen LogP contribution in [0.2, 0.25) is 0 Å². The number of fused-ring (bicyclic) bond motifs is 3. The number of thiophene rings is 1. The van der Waals surface area contributed by atoms with E-state index in [2.05, 4.69) is 44.4 Å². The second-order valence-corrected chi connectivity index (χ2v) is 9.25. The van der Waals surface area contributed by atoms with Crippen molar-refractivity contribution in [3.05, 3.63) is 53.2 Å². The number of anilines is 1. The van der Waals surface area contributed by atoms with Gasteiger partial charge in [-0.2, -0.15) is 0 Å². The Hall–Kier alpha value is -2.91. The molecule has 0 saturated carbocycles. The molecule has 4 rings (SSSR count). The predicted octanol–water partition coefficient (Wildman–Crippen LogP) is 5.19. The largest absolute Gasteiger partial charge is 0.462 e. The van der Waals surface area contributed by atoms with E-state index in [0.29, 0.717) is 24.3 Å². The van der Waals surface area contributed by atoms with Gasteiger partial charge in [0.05, 0.1) is 33.2 Å². The molecule has 0 aliphatic rings. The lowest BCUT2D eigenvalue weighted by Gasteiger charge is -2.15. The molecular formula is C23H24N4O3S2. The molecular weight excluding hydrogens is 444 g/mol. The van der Waals surface area contributed by atoms with Crippen LogP contribution >= 0.6 is 23.1 Å². The van der Waals surface area contributed by atoms with Crippen LogP contribution < -0.4 is 5.32 Å². The highest BCUT2D eigenvalue weighted by Gasteiger charge is 2.22. The Kier molecular flexibility index (Phi) is 6.76. The standard InChI is InChI=1S/C23H24N4O3S2/c1-4-18(21(28)24-15-9-7-14(8-10-15)23(29)30-6-3)32-22-17-13-19-16(11-12-31-19)27(17)20(5-2)25-26-22/h7-13,18H,4-6H2,1-3H3,(H,24,28)/t18-/m1/s1. The average molecular weight is 469 g/mol. The van der Waals surface area contributed by atoms with E-state index < -0.39 is 0 Å². The second kappa shape index (κ2) is 9.70. The van der Waals surface area contributed by atoms with Crippen LogP contribution in [0.15, 0.2) is 46.8 Å². The van der Waals surface area contributed by atoms with E-state index >= 15 is 0 Å². The van der Waals surface area contributed by atoms with Crippen molar-refractivity contribution in [2.24, 2.45) is 0 Å². The molecule has 0 fully saturated rings. The first kappa shape index (κ1) is 22.3. The number of nitrogens with one attached hydrogen (secondary N) is 1. The van der Waals surface area contributed by atoms with E-state index in [9.17, 15) is 9.59 Å². The molecule has 4 aromatic rings. The van der Waals surface area contributed by atoms with E-state index in [0.717, 1.165) is 28.3 Å². The molecule has 9 heteroatoms. The van der Waals surface area contributed by atoms with Crippen LogP contribution in [0.5, 0.6) is 0 Å². The van der Waals surface area contributed by atoms with Crippen LogP contribution in [0.1, 0.15) is 43.4 Å². The van der Waals surface area contributed by atoms with Crippen molar-refractivity contribution < 1.29 is 14.3 Å². The van der Waals surface area contributed by atoms with Gasteiger partial charge in [-0.25, -0.2) is 4.79 Å². The number of benzene rings is 1. The van der Waals surface area contributed by atoms with E-state index in [1.54, 1.807) is 42.5 Å². The zero-order chi connectivity index (χ0) is 22.7. The number of hydrogen-bond donors (Lipinski definition) is 1. The zero-order valence-corrected chi connectivity index (χ0v) is 19.8. The summed E-state index contributed by atoms with van der Waals surface area (Å²) in [7, 11) is 0. The van der Waals surface area contributed by atoms with Gasteiger partial charge in [-0.15, -0.1) is 21.5 Å². The first-order valence-corrected chi connectivity index (χ1v) is 12.3. The minimum atomic E-state index is -0.377. The van der Waals surface area contributed by atoms with Gasteiger partial charge in [-0.1, -0.05) is 25.6 Å². The van der Waals surface area contributed by atoms with Gasteiger partial charge < -0.3 is 10.1 Å². The summed E-state index contributed by atoms with van der Waals surface area (Å²) in [5.74, 6) is 0.406. The van der Waals surface area contributed by atoms with E-state index in [1.807, 2.05) is 6.92 Å². The predicted molar refractivity (Wildman–Crippen MR) is 129 cm³/mol. The summed E-state index contributed by atoms with van der Waals surface area (Å²) in [6, 6.07) is 10.9. The molecule has 0 saturated heterocycles. The number of nitrogens with zero attached hydrogens (tertiary/aromatic N) is 3. The lowest BCUT2D eigenvalue weighted by atomic mass is 10.2. The van der Waals surface area contributed by atoms with Gasteiger partial charge in [0.25, 0.3) is 0 Å². The number of hydrogen-bond acceptors (Lipinski definition) is 7. The Labute approximate surface area is 194 Å². The van der Waals surface area contributed by atoms with Crippen molar-refractivity contribution in [3.8, 4) is 0 Å². The number of ether oxygens (including phenoxy) is 1. The van der Waals surface area contributed by atoms with Crippen LogP contribution in [0.4, 0.5) is 5.69 Å². The molecule has 3 aromatic heterocycles. The zero-order valence-electron chi connectivity index (χ0n) is 18.1. The Morgan fingerprint density at radius 1 is 1.12 bits per heavy atom. The van der Waals surface area contributed by atoms with E-state index in [-0.39, 0.29) is 17.1 Å². The molecule has 1 atom stereocenters. The highest BCUT2D eigenvalue weighted by atomic mass is 32.2. The van der Waals surface area contributed by atoms with Crippen LogP contribution in [0, 0.1) is 0 Å². The van der Waals surface area contributed by atoms with Crippen molar-refractivity contribution in [1.29, 1.82) is 0 Å². The minimum Gasteiger partial charge on any atom is -0.462 e. The number of amides is 1. The van der Waals surface area contributed by atoms with E-state index in [1.165, 1.54) is 16.5 Å². The van der Waals surface area contributed by atoms with Crippen molar-refractivity contribution in [1.82, 2.24) is 14.6 Å². The summed E-state index contributed by atoms with van der Waals surface area (Å²) >= 11 is 3.10. The highest BCUT2D eigenvalue weighted by Crippen LogP contribution is 2.33. The molecule has 0 spiro atoms. The fraction of sp³-hybridized carbons (Fsp3) is 0.304. The van der Waals surface area contributed by atoms with Crippen molar-refractivity contribution in [2.75, 3.05) is 11.9 Å². The maximum Gasteiger partial charge on any atom is 0.338 e. The number of aryl methyl sites for hydroxylation is 1. The number of carbonyl (C=O) groups is 2. The quantitative estimate of drug-likeness (QED) is 0.283. The SMILES string of the molecule is CCOC(=O)c1ccc(NC(=O)[C@@H](CC)Sc2nnc(CC)n3c2cc2sccc23)cc1. The van der Waals surface area contributed by atoms with Gasteiger partial charge in [0.1, 0.15) is 10.9 Å². The fourth-order valence-corrected chi connectivity index (χ4v) is 5.22. The summed E-state index contributed by atoms with van der Waals surface area (Å²) < 4.78 is 8.31. The summed E-state index contributed by atoms with van der Waals surface area (Å²) in [5.41, 5.74) is 3.18. The summed E-state index contributed by atoms with van der Waals surface area (Å²) in [6.45, 7) is 6.12. The van der Waals surface area contributed by atoms with Gasteiger partial charge in [0.2, 0.25) is 5.91 Å². The van der Waals surface area contributed by atoms with Gasteiger partial charge in [-0.3, -0.25) is 9.20 Å². The van der Waals surface area contributed by atoms with Gasteiger partial charge in [0.15, 0.2) is 0 Å². The number of esters is 1. The number of thioether (sulfide) groups is 1. The Bertz CT molecular complexity index is 1260. The highest BCUT2D eigenvalue weighted by molar-refractivity contribution is 8.00. The topological polar surface area (TPSA) is 85.6 Å². The monoisotopic (exact) mass is 468 g/mol. The summed E-state index contributed by atoms with van der Waals surface area (Å²) in [4.78, 5) is 24.8. The Balaban J connectivity index is 1.54. The van der Waals surface area contributed by atoms with Crippen LogP contribution in [0.25, 0.3) is 15.7 Å². The normalized spacial score (nSPS) is 12.2. The van der Waals surface area contributed by atoms with Crippen LogP contribution in [0.3, 0.4) is 0 Å². The van der Waals surface area contributed by atoms with Gasteiger partial charge in [0, 0.05) is 12.1 Å². The number of rotatable bonds is 8. The summed E-state index contributed by atoms with van der Waals surface area (Å²) in [5, 5.41) is 14.3. The molecule has 0 aliphatic carbocycles. The van der Waals surface area contributed by atoms with Gasteiger partial charge >= 0.3 is 5.97 Å². The number of carbonyl (C=O) groups excluding carboxylic acids is 2. The smallest absolute Gasteiger partial charge is 0.338 e. The molecule has 0 radical (unpaired) electrons. The molecule has 3 heterocycles. The van der Waals surface area contributed by atoms with Crippen molar-refractivity contribution in [2.45, 2.75) is 43.9 Å². The van der Waals surface area contributed by atoms with Crippen LogP contribution in [-0.2, 0) is 16.0 Å². The van der Waals surface area contributed by atoms with E-state index in [4.69, 9.17) is 4.74 Å². The molecule has 1 N–H and O–H groups in total. The Morgan fingerprint density at radius 2 is 1.91 bits per heavy atom. The second-order valence-electron chi connectivity index (χ2n) is 7.11. The molecule has 1 aromatic carbocycles. The third-order valence-electron chi connectivity index (χ3n) is 5.05. The Morgan fingerprint density at radius 3 is 2.59 bits per heavy atom. The maximum atomic E-state index is 13.0. The molecule has 166 valence electrons. The number of aromatic nitrogens is 3. The molecule has 1 amide bonds. The lowest BCUT2D eigenvalue weighted by Crippen LogP contribution is -2.25. The third kappa shape index (κ3) is 4.35. The first-order valence-electron chi connectivity index (χ1n) is 10.5. The van der Waals surface area contributed by atoms with Gasteiger partial charge in [-0.05, 0) is 55.1 Å².